The lowest BCUT2D eigenvalue weighted by Crippen LogP contribution is -1.86. The summed E-state index contributed by atoms with van der Waals surface area (Å²) in [7, 11) is 0. The van der Waals surface area contributed by atoms with E-state index in [1.807, 2.05) is 48.5 Å². The molecule has 0 radical (unpaired) electrons. The molecule has 0 aliphatic heterocycles. The minimum absolute atomic E-state index is 0.258. The summed E-state index contributed by atoms with van der Waals surface area (Å²) in [6, 6.07) is 23.5. The van der Waals surface area contributed by atoms with Gasteiger partial charge < -0.3 is 5.11 Å². The van der Waals surface area contributed by atoms with Crippen molar-refractivity contribution >= 4 is 54.8 Å². The number of benzene rings is 3. The zero-order valence-electron chi connectivity index (χ0n) is 14.2. The van der Waals surface area contributed by atoms with Crippen LogP contribution in [-0.2, 0) is 0 Å². The summed E-state index contributed by atoms with van der Waals surface area (Å²) >= 11 is 3.34. The minimum Gasteiger partial charge on any atom is -0.508 e. The van der Waals surface area contributed by atoms with Gasteiger partial charge in [0.1, 0.15) is 15.8 Å². The first-order valence-corrected chi connectivity index (χ1v) is 10.1. The van der Waals surface area contributed by atoms with Crippen molar-refractivity contribution in [1.82, 2.24) is 9.97 Å². The second-order valence-electron chi connectivity index (χ2n) is 6.12. The maximum atomic E-state index is 9.57. The van der Waals surface area contributed by atoms with Gasteiger partial charge in [0.25, 0.3) is 0 Å². The van der Waals surface area contributed by atoms with E-state index in [1.54, 1.807) is 34.8 Å². The summed E-state index contributed by atoms with van der Waals surface area (Å²) in [6.07, 6.45) is 2.09. The molecule has 2 aromatic heterocycles. The van der Waals surface area contributed by atoms with Crippen molar-refractivity contribution in [2.45, 2.75) is 0 Å². The molecule has 0 saturated carbocycles. The van der Waals surface area contributed by atoms with E-state index in [2.05, 4.69) is 18.2 Å². The number of phenolic OH excluding ortho intramolecular Hbond substituents is 1. The Morgan fingerprint density at radius 3 is 1.74 bits per heavy atom. The molecule has 0 saturated heterocycles. The van der Waals surface area contributed by atoms with Crippen molar-refractivity contribution in [1.29, 1.82) is 0 Å². The highest BCUT2D eigenvalue weighted by atomic mass is 32.1. The van der Waals surface area contributed by atoms with Crippen LogP contribution in [0.2, 0.25) is 0 Å². The third-order valence-electron chi connectivity index (χ3n) is 4.25. The molecule has 3 nitrogen and oxygen atoms in total. The number of phenols is 1. The molecule has 5 heteroatoms. The van der Waals surface area contributed by atoms with Gasteiger partial charge in [-0.3, -0.25) is 0 Å². The van der Waals surface area contributed by atoms with E-state index in [-0.39, 0.29) is 5.75 Å². The summed E-state index contributed by atoms with van der Waals surface area (Å²) in [5.41, 5.74) is 4.00. The van der Waals surface area contributed by atoms with E-state index in [1.165, 1.54) is 0 Å². The van der Waals surface area contributed by atoms with Gasteiger partial charge in [0.2, 0.25) is 0 Å². The van der Waals surface area contributed by atoms with Crippen molar-refractivity contribution in [2.75, 3.05) is 0 Å². The molecule has 0 aliphatic rings. The number of fused-ring (bicyclic) bond motifs is 2. The smallest absolute Gasteiger partial charge is 0.127 e. The molecule has 0 unspecified atom stereocenters. The highest BCUT2D eigenvalue weighted by Gasteiger charge is 2.15. The highest BCUT2D eigenvalue weighted by Crippen LogP contribution is 2.36. The van der Waals surface area contributed by atoms with Crippen molar-refractivity contribution in [3.63, 3.8) is 0 Å². The summed E-state index contributed by atoms with van der Waals surface area (Å²) in [5, 5.41) is 11.5. The average Bonchev–Trinajstić information content (AvgIpc) is 3.31. The molecule has 5 aromatic rings. The number of nitrogens with zero attached hydrogens (tertiary/aromatic N) is 2. The quantitative estimate of drug-likeness (QED) is 0.401. The summed E-state index contributed by atoms with van der Waals surface area (Å²) in [5.74, 6) is 0.258. The van der Waals surface area contributed by atoms with Gasteiger partial charge in [-0.2, -0.15) is 0 Å². The Morgan fingerprint density at radius 2 is 1.22 bits per heavy atom. The van der Waals surface area contributed by atoms with E-state index < -0.39 is 0 Å². The number of thiazole rings is 2. The molecule has 0 amide bonds. The molecular weight excluding hydrogens is 372 g/mol. The summed E-state index contributed by atoms with van der Waals surface area (Å²) in [6.45, 7) is 0. The van der Waals surface area contributed by atoms with Crippen molar-refractivity contribution in [3.05, 3.63) is 88.4 Å². The lowest BCUT2D eigenvalue weighted by atomic mass is 10.1. The largest absolute Gasteiger partial charge is 0.508 e. The zero-order valence-corrected chi connectivity index (χ0v) is 15.8. The van der Waals surface area contributed by atoms with Crippen LogP contribution in [0.1, 0.15) is 15.6 Å². The maximum absolute atomic E-state index is 9.57. The molecule has 0 aliphatic carbocycles. The van der Waals surface area contributed by atoms with Gasteiger partial charge in [0, 0.05) is 5.57 Å². The maximum Gasteiger partial charge on any atom is 0.127 e. The SMILES string of the molecule is Oc1ccc(C=C(c2nc3ccccc3s2)c2nc3ccccc3s2)cc1. The summed E-state index contributed by atoms with van der Waals surface area (Å²) in [4.78, 5) is 9.68. The lowest BCUT2D eigenvalue weighted by molar-refractivity contribution is 0.475. The number of hydrogen-bond donors (Lipinski definition) is 1. The molecule has 130 valence electrons. The molecule has 3 aromatic carbocycles. The van der Waals surface area contributed by atoms with Crippen LogP contribution in [0.25, 0.3) is 32.1 Å². The molecule has 0 atom stereocenters. The standard InChI is InChI=1S/C22H14N2OS2/c25-15-11-9-14(10-12-15)13-16(21-23-17-5-1-3-7-19(17)26-21)22-24-18-6-2-4-8-20(18)27-22/h1-13,25H. The third-order valence-corrected chi connectivity index (χ3v) is 6.39. The van der Waals surface area contributed by atoms with Crippen LogP contribution in [0.4, 0.5) is 0 Å². The normalized spacial score (nSPS) is 11.1. The first-order chi connectivity index (χ1) is 13.3. The Labute approximate surface area is 163 Å². The average molecular weight is 387 g/mol. The number of aromatic nitrogens is 2. The van der Waals surface area contributed by atoms with Crippen molar-refractivity contribution in [3.8, 4) is 5.75 Å². The molecular formula is C22H14N2OS2. The van der Waals surface area contributed by atoms with E-state index in [9.17, 15) is 5.11 Å². The van der Waals surface area contributed by atoms with Gasteiger partial charge in [-0.25, -0.2) is 9.97 Å². The van der Waals surface area contributed by atoms with Crippen LogP contribution in [0, 0.1) is 0 Å². The number of aromatic hydroxyl groups is 1. The Hall–Kier alpha value is -3.02. The number of rotatable bonds is 3. The second kappa shape index (κ2) is 6.61. The van der Waals surface area contributed by atoms with Crippen LogP contribution >= 0.6 is 22.7 Å². The fraction of sp³-hybridized carbons (Fsp3) is 0. The lowest BCUT2D eigenvalue weighted by Gasteiger charge is -2.01. The van der Waals surface area contributed by atoms with E-state index >= 15 is 0 Å². The van der Waals surface area contributed by atoms with Crippen LogP contribution in [0.5, 0.6) is 5.75 Å². The highest BCUT2D eigenvalue weighted by molar-refractivity contribution is 7.22. The van der Waals surface area contributed by atoms with Gasteiger partial charge in [-0.15, -0.1) is 22.7 Å². The van der Waals surface area contributed by atoms with Gasteiger partial charge in [0.05, 0.1) is 20.4 Å². The van der Waals surface area contributed by atoms with Crippen LogP contribution in [-0.4, -0.2) is 15.1 Å². The van der Waals surface area contributed by atoms with Crippen LogP contribution in [0.3, 0.4) is 0 Å². The molecule has 0 spiro atoms. The summed E-state index contributed by atoms with van der Waals surface area (Å²) < 4.78 is 2.32. The Morgan fingerprint density at radius 1 is 0.704 bits per heavy atom. The Kier molecular flexibility index (Phi) is 3.96. The second-order valence-corrected chi connectivity index (χ2v) is 8.18. The van der Waals surface area contributed by atoms with Crippen LogP contribution < -0.4 is 0 Å². The van der Waals surface area contributed by atoms with Gasteiger partial charge in [-0.05, 0) is 48.0 Å². The Balaban J connectivity index is 1.72. The third kappa shape index (κ3) is 3.12. The van der Waals surface area contributed by atoms with Crippen LogP contribution in [0.15, 0.2) is 72.8 Å². The molecule has 1 N–H and O–H groups in total. The zero-order chi connectivity index (χ0) is 18.2. The number of para-hydroxylation sites is 2. The predicted molar refractivity (Wildman–Crippen MR) is 114 cm³/mol. The topological polar surface area (TPSA) is 46.0 Å². The molecule has 0 fully saturated rings. The van der Waals surface area contributed by atoms with Gasteiger partial charge in [0.15, 0.2) is 0 Å². The predicted octanol–water partition coefficient (Wildman–Crippen LogP) is 6.20. The number of hydrogen-bond acceptors (Lipinski definition) is 5. The van der Waals surface area contributed by atoms with Gasteiger partial charge in [-0.1, -0.05) is 36.4 Å². The van der Waals surface area contributed by atoms with Crippen molar-refractivity contribution < 1.29 is 5.11 Å². The monoisotopic (exact) mass is 386 g/mol. The molecule has 27 heavy (non-hydrogen) atoms. The van der Waals surface area contributed by atoms with E-state index in [0.717, 1.165) is 41.6 Å². The first kappa shape index (κ1) is 16.2. The molecule has 5 rings (SSSR count). The first-order valence-electron chi connectivity index (χ1n) is 8.49. The van der Waals surface area contributed by atoms with Crippen molar-refractivity contribution in [2.24, 2.45) is 0 Å². The van der Waals surface area contributed by atoms with Gasteiger partial charge >= 0.3 is 0 Å². The van der Waals surface area contributed by atoms with E-state index in [4.69, 9.17) is 9.97 Å². The minimum atomic E-state index is 0.258. The Bertz CT molecular complexity index is 1140. The fourth-order valence-corrected chi connectivity index (χ4v) is 4.96. The van der Waals surface area contributed by atoms with E-state index in [0.29, 0.717) is 0 Å². The fourth-order valence-electron chi connectivity index (χ4n) is 2.93. The molecule has 0 bridgehead atoms. The molecule has 2 heterocycles.